The van der Waals surface area contributed by atoms with Crippen molar-refractivity contribution in [3.05, 3.63) is 36.2 Å². The Morgan fingerprint density at radius 1 is 1.29 bits per heavy atom. The molecule has 1 aromatic heterocycles. The zero-order chi connectivity index (χ0) is 16.8. The van der Waals surface area contributed by atoms with Crippen LogP contribution in [0, 0.1) is 0 Å². The number of aromatic nitrogens is 4. The summed E-state index contributed by atoms with van der Waals surface area (Å²) in [6.07, 6.45) is 1.84. The van der Waals surface area contributed by atoms with Crippen molar-refractivity contribution in [3.8, 4) is 5.69 Å². The summed E-state index contributed by atoms with van der Waals surface area (Å²) in [6, 6.07) is 10.1. The second kappa shape index (κ2) is 7.98. The van der Waals surface area contributed by atoms with Crippen LogP contribution in [0.4, 0.5) is 0 Å². The first-order valence-corrected chi connectivity index (χ1v) is 8.09. The number of piperidine rings is 1. The Morgan fingerprint density at radius 3 is 2.75 bits per heavy atom. The second-order valence-corrected chi connectivity index (χ2v) is 5.89. The number of carbonyl (C=O) groups is 1. The second-order valence-electron chi connectivity index (χ2n) is 5.89. The molecule has 1 aromatic carbocycles. The van der Waals surface area contributed by atoms with E-state index >= 15 is 0 Å². The van der Waals surface area contributed by atoms with Crippen molar-refractivity contribution in [2.75, 3.05) is 26.8 Å². The SMILES string of the molecule is COCC(=O)NC1CCN(Cc2nnnn2-c2ccccc2)CC1. The van der Waals surface area contributed by atoms with E-state index in [1.165, 1.54) is 7.11 Å². The number of rotatable bonds is 6. The lowest BCUT2D eigenvalue weighted by Gasteiger charge is -2.31. The molecule has 24 heavy (non-hydrogen) atoms. The fourth-order valence-corrected chi connectivity index (χ4v) is 2.91. The van der Waals surface area contributed by atoms with Gasteiger partial charge in [-0.25, -0.2) is 0 Å². The van der Waals surface area contributed by atoms with Gasteiger partial charge in [0, 0.05) is 26.2 Å². The number of amides is 1. The Kier molecular flexibility index (Phi) is 5.50. The molecule has 0 atom stereocenters. The van der Waals surface area contributed by atoms with E-state index in [0.29, 0.717) is 6.54 Å². The first kappa shape index (κ1) is 16.5. The van der Waals surface area contributed by atoms with Gasteiger partial charge >= 0.3 is 0 Å². The number of nitrogens with zero attached hydrogens (tertiary/aromatic N) is 5. The lowest BCUT2D eigenvalue weighted by Crippen LogP contribution is -2.45. The number of carbonyl (C=O) groups excluding carboxylic acids is 1. The minimum atomic E-state index is -0.0519. The number of methoxy groups -OCH3 is 1. The third-order valence-corrected chi connectivity index (χ3v) is 4.13. The van der Waals surface area contributed by atoms with Crippen LogP contribution in [0.3, 0.4) is 0 Å². The fourth-order valence-electron chi connectivity index (χ4n) is 2.91. The van der Waals surface area contributed by atoms with E-state index in [-0.39, 0.29) is 18.6 Å². The lowest BCUT2D eigenvalue weighted by atomic mass is 10.1. The van der Waals surface area contributed by atoms with Crippen LogP contribution in [0.1, 0.15) is 18.7 Å². The van der Waals surface area contributed by atoms with Gasteiger partial charge in [-0.2, -0.15) is 4.68 Å². The van der Waals surface area contributed by atoms with Crippen LogP contribution in [0.5, 0.6) is 0 Å². The van der Waals surface area contributed by atoms with Crippen LogP contribution in [0.2, 0.25) is 0 Å². The van der Waals surface area contributed by atoms with Crippen molar-refractivity contribution in [1.29, 1.82) is 0 Å². The number of benzene rings is 1. The average Bonchev–Trinajstić information content (AvgIpc) is 3.06. The lowest BCUT2D eigenvalue weighted by molar-refractivity contribution is -0.125. The van der Waals surface area contributed by atoms with Crippen LogP contribution in [0.25, 0.3) is 5.69 Å². The zero-order valence-electron chi connectivity index (χ0n) is 13.8. The van der Waals surface area contributed by atoms with Crippen LogP contribution in [-0.2, 0) is 16.1 Å². The molecule has 3 rings (SSSR count). The van der Waals surface area contributed by atoms with Gasteiger partial charge in [-0.1, -0.05) is 18.2 Å². The third-order valence-electron chi connectivity index (χ3n) is 4.13. The van der Waals surface area contributed by atoms with Crippen LogP contribution >= 0.6 is 0 Å². The van der Waals surface area contributed by atoms with Gasteiger partial charge in [-0.15, -0.1) is 5.10 Å². The summed E-state index contributed by atoms with van der Waals surface area (Å²) in [7, 11) is 1.53. The molecule has 1 amide bonds. The van der Waals surface area contributed by atoms with Gasteiger partial charge in [0.15, 0.2) is 5.82 Å². The van der Waals surface area contributed by atoms with E-state index in [1.54, 1.807) is 4.68 Å². The molecule has 1 aliphatic rings. The van der Waals surface area contributed by atoms with Crippen LogP contribution in [0.15, 0.2) is 30.3 Å². The molecule has 1 aliphatic heterocycles. The van der Waals surface area contributed by atoms with Gasteiger partial charge < -0.3 is 10.1 Å². The summed E-state index contributed by atoms with van der Waals surface area (Å²) in [6.45, 7) is 2.62. The summed E-state index contributed by atoms with van der Waals surface area (Å²) in [5.41, 5.74) is 0.958. The monoisotopic (exact) mass is 330 g/mol. The van der Waals surface area contributed by atoms with E-state index in [2.05, 4.69) is 25.7 Å². The number of likely N-dealkylation sites (tertiary alicyclic amines) is 1. The van der Waals surface area contributed by atoms with Crippen molar-refractivity contribution in [1.82, 2.24) is 30.4 Å². The summed E-state index contributed by atoms with van der Waals surface area (Å²) in [5.74, 6) is 0.770. The summed E-state index contributed by atoms with van der Waals surface area (Å²) < 4.78 is 6.61. The molecule has 0 aliphatic carbocycles. The van der Waals surface area contributed by atoms with Crippen LogP contribution < -0.4 is 5.32 Å². The molecule has 0 unspecified atom stereocenters. The topological polar surface area (TPSA) is 85.2 Å². The number of para-hydroxylation sites is 1. The minimum absolute atomic E-state index is 0.0519. The fraction of sp³-hybridized carbons (Fsp3) is 0.500. The molecule has 1 N–H and O–H groups in total. The first-order valence-electron chi connectivity index (χ1n) is 8.09. The maximum absolute atomic E-state index is 11.6. The molecule has 1 fully saturated rings. The molecule has 2 heterocycles. The Balaban J connectivity index is 1.54. The number of hydrogen-bond acceptors (Lipinski definition) is 6. The van der Waals surface area contributed by atoms with E-state index in [0.717, 1.165) is 37.4 Å². The largest absolute Gasteiger partial charge is 0.375 e. The molecule has 0 spiro atoms. The van der Waals surface area contributed by atoms with Gasteiger partial charge in [0.2, 0.25) is 5.91 Å². The van der Waals surface area contributed by atoms with Crippen molar-refractivity contribution in [3.63, 3.8) is 0 Å². The number of tetrazole rings is 1. The van der Waals surface area contributed by atoms with Gasteiger partial charge in [-0.05, 0) is 35.4 Å². The molecule has 0 saturated carbocycles. The highest BCUT2D eigenvalue weighted by Crippen LogP contribution is 2.14. The smallest absolute Gasteiger partial charge is 0.246 e. The standard InChI is InChI=1S/C16H22N6O2/c1-24-12-16(23)17-13-7-9-21(10-8-13)11-15-18-19-20-22(15)14-5-3-2-4-6-14/h2-6,13H,7-12H2,1H3,(H,17,23). The number of hydrogen-bond donors (Lipinski definition) is 1. The maximum atomic E-state index is 11.6. The molecule has 8 nitrogen and oxygen atoms in total. The summed E-state index contributed by atoms with van der Waals surface area (Å²) in [5, 5.41) is 15.0. The van der Waals surface area contributed by atoms with Crippen LogP contribution in [-0.4, -0.2) is 63.9 Å². The predicted molar refractivity (Wildman–Crippen MR) is 87.5 cm³/mol. The quantitative estimate of drug-likeness (QED) is 0.825. The molecule has 1 saturated heterocycles. The molecule has 2 aromatic rings. The van der Waals surface area contributed by atoms with Gasteiger partial charge in [0.25, 0.3) is 0 Å². The highest BCUT2D eigenvalue weighted by atomic mass is 16.5. The van der Waals surface area contributed by atoms with Gasteiger partial charge in [-0.3, -0.25) is 9.69 Å². The van der Waals surface area contributed by atoms with E-state index in [4.69, 9.17) is 4.74 Å². The van der Waals surface area contributed by atoms with Crippen molar-refractivity contribution < 1.29 is 9.53 Å². The van der Waals surface area contributed by atoms with E-state index in [1.807, 2.05) is 30.3 Å². The van der Waals surface area contributed by atoms with Crippen molar-refractivity contribution >= 4 is 5.91 Å². The van der Waals surface area contributed by atoms with Crippen molar-refractivity contribution in [2.24, 2.45) is 0 Å². The number of nitrogens with one attached hydrogen (secondary N) is 1. The van der Waals surface area contributed by atoms with Gasteiger partial charge in [0.1, 0.15) is 6.61 Å². The minimum Gasteiger partial charge on any atom is -0.375 e. The van der Waals surface area contributed by atoms with Crippen molar-refractivity contribution in [2.45, 2.75) is 25.4 Å². The molecule has 0 radical (unpaired) electrons. The normalized spacial score (nSPS) is 16.2. The summed E-state index contributed by atoms with van der Waals surface area (Å²) in [4.78, 5) is 13.9. The Labute approximate surface area is 140 Å². The van der Waals surface area contributed by atoms with E-state index < -0.39 is 0 Å². The Bertz CT molecular complexity index is 652. The predicted octanol–water partition coefficient (Wildman–Crippen LogP) is 0.389. The molecular formula is C16H22N6O2. The zero-order valence-corrected chi connectivity index (χ0v) is 13.8. The molecule has 0 bridgehead atoms. The highest BCUT2D eigenvalue weighted by molar-refractivity contribution is 5.77. The molecular weight excluding hydrogens is 308 g/mol. The molecule has 8 heteroatoms. The molecule has 128 valence electrons. The Hall–Kier alpha value is -2.32. The third kappa shape index (κ3) is 4.15. The summed E-state index contributed by atoms with van der Waals surface area (Å²) >= 11 is 0. The highest BCUT2D eigenvalue weighted by Gasteiger charge is 2.22. The van der Waals surface area contributed by atoms with E-state index in [9.17, 15) is 4.79 Å². The number of ether oxygens (including phenoxy) is 1. The first-order chi connectivity index (χ1) is 11.8. The average molecular weight is 330 g/mol. The van der Waals surface area contributed by atoms with Gasteiger partial charge in [0.05, 0.1) is 12.2 Å². The maximum Gasteiger partial charge on any atom is 0.246 e. The Morgan fingerprint density at radius 2 is 2.04 bits per heavy atom.